The summed E-state index contributed by atoms with van der Waals surface area (Å²) in [5.41, 5.74) is 10.1. The van der Waals surface area contributed by atoms with Gasteiger partial charge in [-0.05, 0) is 26.0 Å². The molecule has 28 N–H and O–H groups in total. The molecule has 0 fully saturated rings. The Bertz CT molecular complexity index is 1300. The quantitative estimate of drug-likeness (QED) is 0.181. The number of nitrogens with zero attached hydrogens (tertiary/aromatic N) is 4. The Morgan fingerprint density at radius 2 is 0.686 bits per heavy atom. The molecule has 27 heteroatoms. The molecule has 1 radical (unpaired) electrons. The van der Waals surface area contributed by atoms with E-state index >= 15 is 0 Å². The minimum Gasteiger partial charge on any atom is -0.543 e. The number of carbonyl (C=O) groups is 4. The normalized spacial score (nSPS) is 7.25. The summed E-state index contributed by atoms with van der Waals surface area (Å²) in [6, 6.07) is 11.4. The van der Waals surface area contributed by atoms with Crippen molar-refractivity contribution in [3.8, 4) is 0 Å². The minimum atomic E-state index is -1.69. The van der Waals surface area contributed by atoms with Crippen LogP contribution in [-0.2, 0) is 27.7 Å². The second-order valence-electron chi connectivity index (χ2n) is 7.24. The number of nitrogens with one attached hydrogen (secondary N) is 2. The van der Waals surface area contributed by atoms with Gasteiger partial charge in [0.05, 0.1) is 35.3 Å². The van der Waals surface area contributed by atoms with Gasteiger partial charge < -0.3 is 94.4 Å². The molecule has 295 valence electrons. The summed E-state index contributed by atoms with van der Waals surface area (Å²) in [6.07, 6.45) is 4.21. The summed E-state index contributed by atoms with van der Waals surface area (Å²) in [7, 11) is 0. The summed E-state index contributed by atoms with van der Waals surface area (Å²) >= 11 is 0. The first-order valence-electron chi connectivity index (χ1n) is 10.8. The van der Waals surface area contributed by atoms with Crippen molar-refractivity contribution in [2.45, 2.75) is 13.8 Å². The number of H-pyrrole nitrogens is 2. The molecule has 0 amide bonds. The van der Waals surface area contributed by atoms with Gasteiger partial charge in [0.2, 0.25) is 0 Å². The molecule has 0 aliphatic carbocycles. The van der Waals surface area contributed by atoms with Gasteiger partial charge in [-0.1, -0.05) is 12.1 Å². The monoisotopic (exact) mass is 791 g/mol. The van der Waals surface area contributed by atoms with Crippen LogP contribution >= 0.6 is 0 Å². The molecule has 0 saturated carbocycles. The zero-order valence-electron chi connectivity index (χ0n) is 26.5. The van der Waals surface area contributed by atoms with Gasteiger partial charge in [-0.15, -0.1) is 0 Å². The fourth-order valence-electron chi connectivity index (χ4n) is 2.49. The van der Waals surface area contributed by atoms with Crippen molar-refractivity contribution >= 4 is 35.5 Å². The van der Waals surface area contributed by atoms with Crippen molar-refractivity contribution in [3.63, 3.8) is 0 Å². The number of pyridine rings is 2. The smallest absolute Gasteiger partial charge is 0.543 e. The topological polar surface area (TPSA) is 610 Å². The van der Waals surface area contributed by atoms with E-state index in [9.17, 15) is 39.6 Å². The second kappa shape index (κ2) is 38.5. The molecule has 0 aliphatic rings. The van der Waals surface area contributed by atoms with Crippen LogP contribution in [0.2, 0.25) is 0 Å². The molecule has 4 rings (SSSR count). The average Bonchev–Trinajstić information content (AvgIpc) is 2.89. The van der Waals surface area contributed by atoms with Crippen LogP contribution in [0.5, 0.6) is 0 Å². The van der Waals surface area contributed by atoms with Crippen molar-refractivity contribution in [2.75, 3.05) is 11.5 Å². The Balaban J connectivity index is -0.0000000439. The van der Waals surface area contributed by atoms with Crippen LogP contribution < -0.4 is 41.9 Å². The van der Waals surface area contributed by atoms with Gasteiger partial charge in [0, 0.05) is 36.9 Å². The van der Waals surface area contributed by atoms with E-state index in [4.69, 9.17) is 11.5 Å². The summed E-state index contributed by atoms with van der Waals surface area (Å²) in [5, 5.41) is 40.9. The number of nitrogen functional groups attached to an aromatic ring is 2. The molecule has 0 atom stereocenters. The minimum absolute atomic E-state index is 0. The predicted octanol–water partition coefficient (Wildman–Crippen LogP) is -13.3. The number of aromatic carboxylic acids is 4. The number of nitrogens with two attached hydrogens (primary N) is 2. The van der Waals surface area contributed by atoms with Gasteiger partial charge in [0.25, 0.3) is 11.6 Å². The zero-order valence-corrected chi connectivity index (χ0v) is 27.5. The number of rotatable bonds is 4. The van der Waals surface area contributed by atoms with E-state index in [0.717, 1.165) is 36.2 Å². The summed E-state index contributed by atoms with van der Waals surface area (Å²) in [6.45, 7) is 3.94. The van der Waals surface area contributed by atoms with E-state index in [2.05, 4.69) is 29.9 Å². The fourth-order valence-corrected chi connectivity index (χ4v) is 2.49. The van der Waals surface area contributed by atoms with Crippen molar-refractivity contribution in [3.05, 3.63) is 95.3 Å². The van der Waals surface area contributed by atoms with Crippen LogP contribution in [0.15, 0.2) is 61.2 Å². The van der Waals surface area contributed by atoms with E-state index in [1.807, 2.05) is 50.2 Å². The third kappa shape index (κ3) is 28.7. The molecule has 4 aromatic rings. The van der Waals surface area contributed by atoms with Crippen molar-refractivity contribution in [2.24, 2.45) is 0 Å². The van der Waals surface area contributed by atoms with Crippen LogP contribution in [0, 0.1) is 13.8 Å². The van der Waals surface area contributed by atoms with E-state index < -0.39 is 46.7 Å². The number of carbonyl (C=O) groups excluding carboxylic acids is 4. The number of aromatic nitrogens is 6. The predicted molar refractivity (Wildman–Crippen MR) is 164 cm³/mol. The molecule has 0 unspecified atom stereocenters. The molecule has 0 bridgehead atoms. The molecule has 51 heavy (non-hydrogen) atoms. The Morgan fingerprint density at radius 3 is 0.804 bits per heavy atom. The van der Waals surface area contributed by atoms with Crippen LogP contribution in [0.4, 0.5) is 11.6 Å². The van der Waals surface area contributed by atoms with E-state index in [1.165, 1.54) is 0 Å². The number of aromatic amines is 2. The summed E-state index contributed by atoms with van der Waals surface area (Å²) in [4.78, 5) is 59.8. The summed E-state index contributed by atoms with van der Waals surface area (Å²) < 4.78 is 0. The maximum atomic E-state index is 10.2. The van der Waals surface area contributed by atoms with E-state index in [0.29, 0.717) is 11.6 Å². The van der Waals surface area contributed by atoms with Gasteiger partial charge in [-0.25, -0.2) is 9.97 Å². The SMILES string of the molecule is Cc1cccc(N)[nH+]1.Cc1cccc(N)[nH+]1.O.O.O.O.O.O.O.O.O=C([O-])c1nccnc1C(=O)[O-].O=C([O-])c1nccnc1C(=O)[O-].[Co+2].[OH3+].[OH3+]. The van der Waals surface area contributed by atoms with Crippen LogP contribution in [0.1, 0.15) is 53.3 Å². The zero-order chi connectivity index (χ0) is 30.2. The Hall–Kier alpha value is -5.95. The number of anilines is 2. The molecular formula is C24H44CoN8O18+2. The van der Waals surface area contributed by atoms with Crippen LogP contribution in [0.3, 0.4) is 0 Å². The van der Waals surface area contributed by atoms with Gasteiger partial charge in [0.15, 0.2) is 0 Å². The Kier molecular flexibility index (Phi) is 56.9. The maximum Gasteiger partial charge on any atom is 2.00 e. The largest absolute Gasteiger partial charge is 2.00 e. The van der Waals surface area contributed by atoms with E-state index in [1.54, 1.807) is 0 Å². The van der Waals surface area contributed by atoms with Gasteiger partial charge in [0.1, 0.15) is 22.8 Å². The third-order valence-corrected chi connectivity index (χ3v) is 4.10. The Labute approximate surface area is 297 Å². The van der Waals surface area contributed by atoms with Crippen molar-refractivity contribution < 1.29 is 121 Å². The van der Waals surface area contributed by atoms with E-state index in [-0.39, 0.29) is 71.5 Å². The first-order valence-corrected chi connectivity index (χ1v) is 10.8. The number of hydrogen-bond donors (Lipinski definition) is 2. The fraction of sp³-hybridized carbons (Fsp3) is 0.0833. The first-order chi connectivity index (χ1) is 18.8. The van der Waals surface area contributed by atoms with Crippen molar-refractivity contribution in [1.29, 1.82) is 0 Å². The van der Waals surface area contributed by atoms with Gasteiger partial charge >= 0.3 is 16.8 Å². The number of carboxylic acid groups (broad SMARTS) is 4. The van der Waals surface area contributed by atoms with Gasteiger partial charge in [-0.3, -0.25) is 31.4 Å². The molecule has 4 heterocycles. The standard InChI is InChI=1S/2C6H4N2O4.2C6H8N2.Co.10H2O/c2*9-5(10)3-4(6(11)12)8-2-1-7-3;2*1-5-3-2-4-6(7)8-5;;;;;;;;;;;/h2*1-2H,(H,9,10)(H,11,12);2*2-4H,1H3,(H2,7,8);;10*1H2/q;;;;+2;;;;;;;;;;. The molecule has 26 nitrogen and oxygen atoms in total. The van der Waals surface area contributed by atoms with Crippen LogP contribution in [-0.4, -0.2) is 87.6 Å². The first kappa shape index (κ1) is 75.4. The Morgan fingerprint density at radius 1 is 0.490 bits per heavy atom. The second-order valence-corrected chi connectivity index (χ2v) is 7.24. The third-order valence-electron chi connectivity index (χ3n) is 4.10. The number of aryl methyl sites for hydroxylation is 2. The molecule has 0 saturated heterocycles. The number of carboxylic acids is 4. The molecular weight excluding hydrogens is 747 g/mol. The molecule has 0 aromatic carbocycles. The molecule has 0 aliphatic heterocycles. The average molecular weight is 792 g/mol. The van der Waals surface area contributed by atoms with Crippen molar-refractivity contribution in [1.82, 2.24) is 19.9 Å². The molecule has 4 aromatic heterocycles. The summed E-state index contributed by atoms with van der Waals surface area (Å²) in [5.74, 6) is -5.34. The molecule has 0 spiro atoms. The van der Waals surface area contributed by atoms with Crippen LogP contribution in [0.25, 0.3) is 0 Å². The maximum absolute atomic E-state index is 10.2. The van der Waals surface area contributed by atoms with Gasteiger partial charge in [-0.2, -0.15) is 0 Å². The number of hydrogen-bond acceptors (Lipinski definition) is 14.